The Bertz CT molecular complexity index is 484. The van der Waals surface area contributed by atoms with Gasteiger partial charge in [0.2, 0.25) is 0 Å². The van der Waals surface area contributed by atoms with Crippen molar-refractivity contribution in [2.75, 3.05) is 26.7 Å². The molecule has 3 heteroatoms. The van der Waals surface area contributed by atoms with Gasteiger partial charge in [0.25, 0.3) is 0 Å². The van der Waals surface area contributed by atoms with Crippen LogP contribution < -0.4 is 10.1 Å². The first-order chi connectivity index (χ1) is 10.2. The van der Waals surface area contributed by atoms with E-state index in [0.29, 0.717) is 18.0 Å². The lowest BCUT2D eigenvalue weighted by Gasteiger charge is -2.44. The van der Waals surface area contributed by atoms with Crippen molar-refractivity contribution in [3.63, 3.8) is 0 Å². The summed E-state index contributed by atoms with van der Waals surface area (Å²) in [5.74, 6) is 1.79. The molecule has 2 aliphatic rings. The van der Waals surface area contributed by atoms with Crippen LogP contribution in [-0.2, 0) is 6.42 Å². The molecule has 0 spiro atoms. The summed E-state index contributed by atoms with van der Waals surface area (Å²) in [5, 5.41) is 3.40. The molecule has 2 atom stereocenters. The minimum absolute atomic E-state index is 0.539. The summed E-state index contributed by atoms with van der Waals surface area (Å²) < 4.78 is 5.66. The van der Waals surface area contributed by atoms with Gasteiger partial charge in [-0.05, 0) is 69.9 Å². The van der Waals surface area contributed by atoms with Crippen molar-refractivity contribution in [2.45, 2.75) is 45.2 Å². The Balaban J connectivity index is 1.92. The van der Waals surface area contributed by atoms with Crippen LogP contribution in [0.4, 0.5) is 0 Å². The SMILES string of the molecule is CNCC1CCCN(C(C)C)C1c1ccc2c(c1)CCO2. The van der Waals surface area contributed by atoms with Gasteiger partial charge in [-0.15, -0.1) is 0 Å². The molecule has 3 nitrogen and oxygen atoms in total. The van der Waals surface area contributed by atoms with E-state index in [1.54, 1.807) is 0 Å². The van der Waals surface area contributed by atoms with Gasteiger partial charge >= 0.3 is 0 Å². The number of nitrogens with zero attached hydrogens (tertiary/aromatic N) is 1. The lowest BCUT2D eigenvalue weighted by Crippen LogP contribution is -2.45. The molecule has 0 radical (unpaired) electrons. The average Bonchev–Trinajstić information content (AvgIpc) is 2.94. The molecule has 116 valence electrons. The van der Waals surface area contributed by atoms with Crippen LogP contribution in [-0.4, -0.2) is 37.7 Å². The zero-order valence-corrected chi connectivity index (χ0v) is 13.6. The van der Waals surface area contributed by atoms with Gasteiger partial charge in [0, 0.05) is 18.5 Å². The van der Waals surface area contributed by atoms with E-state index in [0.717, 1.165) is 25.3 Å². The van der Waals surface area contributed by atoms with Gasteiger partial charge < -0.3 is 10.1 Å². The lowest BCUT2D eigenvalue weighted by atomic mass is 9.83. The summed E-state index contributed by atoms with van der Waals surface area (Å²) in [6.45, 7) is 7.81. The van der Waals surface area contributed by atoms with Crippen LogP contribution in [0, 0.1) is 5.92 Å². The van der Waals surface area contributed by atoms with Crippen molar-refractivity contribution in [3.05, 3.63) is 29.3 Å². The van der Waals surface area contributed by atoms with Crippen LogP contribution in [0.3, 0.4) is 0 Å². The van der Waals surface area contributed by atoms with E-state index in [-0.39, 0.29) is 0 Å². The van der Waals surface area contributed by atoms with E-state index in [1.165, 1.54) is 30.5 Å². The Morgan fingerprint density at radius 2 is 2.24 bits per heavy atom. The summed E-state index contributed by atoms with van der Waals surface area (Å²) in [7, 11) is 2.07. The smallest absolute Gasteiger partial charge is 0.122 e. The Morgan fingerprint density at radius 1 is 1.38 bits per heavy atom. The molecular formula is C18H28N2O. The minimum Gasteiger partial charge on any atom is -0.493 e. The lowest BCUT2D eigenvalue weighted by molar-refractivity contribution is 0.0635. The highest BCUT2D eigenvalue weighted by Gasteiger charge is 2.34. The van der Waals surface area contributed by atoms with Crippen molar-refractivity contribution >= 4 is 0 Å². The van der Waals surface area contributed by atoms with Crippen LogP contribution in [0.25, 0.3) is 0 Å². The quantitative estimate of drug-likeness (QED) is 0.922. The highest BCUT2D eigenvalue weighted by molar-refractivity contribution is 5.41. The number of ether oxygens (including phenoxy) is 1. The summed E-state index contributed by atoms with van der Waals surface area (Å²) in [6.07, 6.45) is 3.70. The van der Waals surface area contributed by atoms with E-state index < -0.39 is 0 Å². The first-order valence-corrected chi connectivity index (χ1v) is 8.36. The van der Waals surface area contributed by atoms with Crippen molar-refractivity contribution in [2.24, 2.45) is 5.92 Å². The number of rotatable bonds is 4. The highest BCUT2D eigenvalue weighted by atomic mass is 16.5. The topological polar surface area (TPSA) is 24.5 Å². The molecule has 1 aromatic carbocycles. The van der Waals surface area contributed by atoms with Gasteiger partial charge in [-0.1, -0.05) is 12.1 Å². The number of likely N-dealkylation sites (tertiary alicyclic amines) is 1. The maximum atomic E-state index is 5.66. The van der Waals surface area contributed by atoms with Crippen molar-refractivity contribution in [1.29, 1.82) is 0 Å². The largest absolute Gasteiger partial charge is 0.493 e. The van der Waals surface area contributed by atoms with Crippen molar-refractivity contribution in [3.8, 4) is 5.75 Å². The van der Waals surface area contributed by atoms with Gasteiger partial charge in [-0.3, -0.25) is 4.90 Å². The molecule has 0 aromatic heterocycles. The fraction of sp³-hybridized carbons (Fsp3) is 0.667. The molecule has 2 heterocycles. The average molecular weight is 288 g/mol. The van der Waals surface area contributed by atoms with Crippen molar-refractivity contribution in [1.82, 2.24) is 10.2 Å². The van der Waals surface area contributed by atoms with Crippen LogP contribution in [0.5, 0.6) is 5.75 Å². The monoisotopic (exact) mass is 288 g/mol. The summed E-state index contributed by atoms with van der Waals surface area (Å²) in [5.41, 5.74) is 2.87. The first kappa shape index (κ1) is 14.9. The van der Waals surface area contributed by atoms with E-state index in [2.05, 4.69) is 49.3 Å². The summed E-state index contributed by atoms with van der Waals surface area (Å²) in [4.78, 5) is 2.68. The maximum Gasteiger partial charge on any atom is 0.122 e. The molecule has 1 saturated heterocycles. The molecule has 1 fully saturated rings. The first-order valence-electron chi connectivity index (χ1n) is 8.36. The molecule has 2 aliphatic heterocycles. The molecule has 0 amide bonds. The highest BCUT2D eigenvalue weighted by Crippen LogP contribution is 2.39. The van der Waals surface area contributed by atoms with Gasteiger partial charge in [0.05, 0.1) is 6.61 Å². The van der Waals surface area contributed by atoms with Gasteiger partial charge in [-0.2, -0.15) is 0 Å². The predicted molar refractivity (Wildman–Crippen MR) is 86.9 cm³/mol. The van der Waals surface area contributed by atoms with E-state index in [9.17, 15) is 0 Å². The zero-order valence-electron chi connectivity index (χ0n) is 13.6. The number of piperidine rings is 1. The Labute approximate surface area is 128 Å². The van der Waals surface area contributed by atoms with Crippen LogP contribution in [0.2, 0.25) is 0 Å². The van der Waals surface area contributed by atoms with Gasteiger partial charge in [-0.25, -0.2) is 0 Å². The Morgan fingerprint density at radius 3 is 3.00 bits per heavy atom. The third-order valence-corrected chi connectivity index (χ3v) is 4.98. The number of hydrogen-bond acceptors (Lipinski definition) is 3. The number of benzene rings is 1. The molecule has 0 bridgehead atoms. The third-order valence-electron chi connectivity index (χ3n) is 4.98. The molecule has 2 unspecified atom stereocenters. The maximum absolute atomic E-state index is 5.66. The van der Waals surface area contributed by atoms with E-state index in [1.807, 2.05) is 0 Å². The second-order valence-corrected chi connectivity index (χ2v) is 6.70. The second-order valence-electron chi connectivity index (χ2n) is 6.70. The normalized spacial score (nSPS) is 25.9. The number of nitrogens with one attached hydrogen (secondary N) is 1. The van der Waals surface area contributed by atoms with Crippen molar-refractivity contribution < 1.29 is 4.74 Å². The number of fused-ring (bicyclic) bond motifs is 1. The standard InChI is InChI=1S/C18H28N2O/c1-13(2)20-9-4-5-16(12-19-3)18(20)15-6-7-17-14(11-15)8-10-21-17/h6-7,11,13,16,18-19H,4-5,8-10,12H2,1-3H3. The third kappa shape index (κ3) is 2.95. The fourth-order valence-corrected chi connectivity index (χ4v) is 4.01. The number of hydrogen-bond donors (Lipinski definition) is 1. The molecule has 3 rings (SSSR count). The van der Waals surface area contributed by atoms with E-state index >= 15 is 0 Å². The molecule has 0 saturated carbocycles. The molecule has 0 aliphatic carbocycles. The van der Waals surface area contributed by atoms with Crippen LogP contribution >= 0.6 is 0 Å². The Hall–Kier alpha value is -1.06. The van der Waals surface area contributed by atoms with Gasteiger partial charge in [0.15, 0.2) is 0 Å². The zero-order chi connectivity index (χ0) is 14.8. The van der Waals surface area contributed by atoms with E-state index in [4.69, 9.17) is 4.74 Å². The molecule has 21 heavy (non-hydrogen) atoms. The minimum atomic E-state index is 0.539. The second kappa shape index (κ2) is 6.37. The molecular weight excluding hydrogens is 260 g/mol. The Kier molecular flexibility index (Phi) is 4.51. The predicted octanol–water partition coefficient (Wildman–Crippen LogP) is 3.00. The van der Waals surface area contributed by atoms with Crippen LogP contribution in [0.15, 0.2) is 18.2 Å². The molecule has 1 N–H and O–H groups in total. The van der Waals surface area contributed by atoms with Crippen LogP contribution in [0.1, 0.15) is 43.9 Å². The summed E-state index contributed by atoms with van der Waals surface area (Å²) >= 11 is 0. The summed E-state index contributed by atoms with van der Waals surface area (Å²) in [6, 6.07) is 8.01. The fourth-order valence-electron chi connectivity index (χ4n) is 4.01. The van der Waals surface area contributed by atoms with Gasteiger partial charge in [0.1, 0.15) is 5.75 Å². The molecule has 1 aromatic rings.